The van der Waals surface area contributed by atoms with Crippen LogP contribution in [-0.2, 0) is 0 Å². The van der Waals surface area contributed by atoms with E-state index in [1.54, 1.807) is 63.6 Å². The van der Waals surface area contributed by atoms with Crippen LogP contribution in [0.4, 0.5) is 8.78 Å². The van der Waals surface area contributed by atoms with Gasteiger partial charge in [-0.05, 0) is 31.2 Å². The number of imidazole rings is 1. The third-order valence-electron chi connectivity index (χ3n) is 4.46. The van der Waals surface area contributed by atoms with Crippen LogP contribution < -0.4 is 9.47 Å². The summed E-state index contributed by atoms with van der Waals surface area (Å²) in [5, 5.41) is 7.90. The minimum Gasteiger partial charge on any atom is -0.497 e. The molecule has 0 saturated carbocycles. The predicted octanol–water partition coefficient (Wildman–Crippen LogP) is 5.35. The van der Waals surface area contributed by atoms with E-state index in [-0.39, 0.29) is 16.9 Å². The van der Waals surface area contributed by atoms with Gasteiger partial charge in [-0.1, -0.05) is 23.9 Å². The van der Waals surface area contributed by atoms with E-state index < -0.39 is 11.8 Å². The summed E-state index contributed by atoms with van der Waals surface area (Å²) in [5.74, 6) is 1.66. The first kappa shape index (κ1) is 20.1. The van der Waals surface area contributed by atoms with Gasteiger partial charge in [0.1, 0.15) is 17.3 Å². The van der Waals surface area contributed by atoms with Gasteiger partial charge >= 0.3 is 6.55 Å². The summed E-state index contributed by atoms with van der Waals surface area (Å²) < 4.78 is 44.6. The molecule has 0 fully saturated rings. The Bertz CT molecular complexity index is 1160. The van der Waals surface area contributed by atoms with Crippen LogP contribution in [0.15, 0.2) is 52.1 Å². The molecule has 30 heavy (non-hydrogen) atoms. The third-order valence-corrected chi connectivity index (χ3v) is 5.40. The first-order chi connectivity index (χ1) is 14.5. The molecule has 0 aliphatic rings. The lowest BCUT2D eigenvalue weighted by molar-refractivity contribution is 0.0715. The third kappa shape index (κ3) is 3.82. The normalized spacial score (nSPS) is 12.5. The van der Waals surface area contributed by atoms with Crippen LogP contribution in [0.1, 0.15) is 24.5 Å². The molecule has 0 radical (unpaired) electrons. The predicted molar refractivity (Wildman–Crippen MR) is 108 cm³/mol. The number of hydrogen-bond donors (Lipinski definition) is 0. The van der Waals surface area contributed by atoms with Gasteiger partial charge in [0.25, 0.3) is 5.22 Å². The number of aromatic nitrogens is 4. The SMILES string of the molecule is COc1cc(OC)cc(-c2nnc(S[C@@H](C)c3nc4ccccc4n3C(F)F)o2)c1. The Morgan fingerprint density at radius 2 is 1.73 bits per heavy atom. The zero-order valence-corrected chi connectivity index (χ0v) is 17.2. The summed E-state index contributed by atoms with van der Waals surface area (Å²) in [7, 11) is 3.09. The van der Waals surface area contributed by atoms with Crippen molar-refractivity contribution in [2.75, 3.05) is 14.2 Å². The van der Waals surface area contributed by atoms with Gasteiger partial charge in [-0.3, -0.25) is 4.57 Å². The van der Waals surface area contributed by atoms with Crippen molar-refractivity contribution >= 4 is 22.8 Å². The Kier molecular flexibility index (Phi) is 5.58. The van der Waals surface area contributed by atoms with Crippen LogP contribution in [0.25, 0.3) is 22.5 Å². The maximum Gasteiger partial charge on any atom is 0.320 e. The van der Waals surface area contributed by atoms with Gasteiger partial charge in [0.05, 0.1) is 30.5 Å². The molecule has 2 aromatic carbocycles. The van der Waals surface area contributed by atoms with Crippen molar-refractivity contribution in [3.63, 3.8) is 0 Å². The van der Waals surface area contributed by atoms with Crippen molar-refractivity contribution in [2.24, 2.45) is 0 Å². The fourth-order valence-electron chi connectivity index (χ4n) is 3.06. The van der Waals surface area contributed by atoms with Crippen LogP contribution in [0.2, 0.25) is 0 Å². The van der Waals surface area contributed by atoms with E-state index in [9.17, 15) is 8.78 Å². The molecule has 0 aliphatic carbocycles. The summed E-state index contributed by atoms with van der Waals surface area (Å²) in [4.78, 5) is 4.38. The number of halogens is 2. The Hall–Kier alpha value is -3.14. The van der Waals surface area contributed by atoms with Gasteiger partial charge in [0.2, 0.25) is 5.89 Å². The minimum absolute atomic E-state index is 0.235. The molecule has 0 amide bonds. The van der Waals surface area contributed by atoms with Gasteiger partial charge in [0.15, 0.2) is 0 Å². The largest absolute Gasteiger partial charge is 0.497 e. The fourth-order valence-corrected chi connectivity index (χ4v) is 3.85. The van der Waals surface area contributed by atoms with Gasteiger partial charge < -0.3 is 13.9 Å². The van der Waals surface area contributed by atoms with Gasteiger partial charge in [0, 0.05) is 11.6 Å². The van der Waals surface area contributed by atoms with Crippen LogP contribution in [0, 0.1) is 0 Å². The second-order valence-electron chi connectivity index (χ2n) is 6.34. The van der Waals surface area contributed by atoms with Crippen LogP contribution in [0.5, 0.6) is 11.5 Å². The summed E-state index contributed by atoms with van der Waals surface area (Å²) >= 11 is 1.16. The topological polar surface area (TPSA) is 75.2 Å². The number of methoxy groups -OCH3 is 2. The molecule has 10 heteroatoms. The number of rotatable bonds is 7. The molecule has 156 valence electrons. The maximum absolute atomic E-state index is 13.7. The Morgan fingerprint density at radius 1 is 1.03 bits per heavy atom. The highest BCUT2D eigenvalue weighted by Gasteiger charge is 2.24. The van der Waals surface area contributed by atoms with E-state index in [1.165, 1.54) is 0 Å². The zero-order chi connectivity index (χ0) is 21.3. The average molecular weight is 432 g/mol. The zero-order valence-electron chi connectivity index (χ0n) is 16.4. The number of thioether (sulfide) groups is 1. The Labute approximate surface area is 175 Å². The van der Waals surface area contributed by atoms with Crippen molar-refractivity contribution in [3.8, 4) is 23.0 Å². The molecule has 0 saturated heterocycles. The van der Waals surface area contributed by atoms with E-state index in [1.807, 2.05) is 0 Å². The molecule has 4 aromatic rings. The average Bonchev–Trinajstić information content (AvgIpc) is 3.38. The smallest absolute Gasteiger partial charge is 0.320 e. The number of alkyl halides is 2. The minimum atomic E-state index is -2.71. The van der Waals surface area contributed by atoms with E-state index in [0.29, 0.717) is 28.1 Å². The number of fused-ring (bicyclic) bond motifs is 1. The molecule has 2 heterocycles. The maximum atomic E-state index is 13.7. The summed E-state index contributed by atoms with van der Waals surface area (Å²) in [6.45, 7) is -0.943. The van der Waals surface area contributed by atoms with Crippen LogP contribution >= 0.6 is 11.8 Å². The Balaban J connectivity index is 1.62. The van der Waals surface area contributed by atoms with Gasteiger partial charge in [-0.25, -0.2) is 4.98 Å². The number of hydrogen-bond acceptors (Lipinski definition) is 7. The summed E-state index contributed by atoms with van der Waals surface area (Å²) in [5.41, 5.74) is 1.51. The van der Waals surface area contributed by atoms with Crippen molar-refractivity contribution in [1.82, 2.24) is 19.7 Å². The molecule has 0 N–H and O–H groups in total. The lowest BCUT2D eigenvalue weighted by Gasteiger charge is -2.11. The lowest BCUT2D eigenvalue weighted by atomic mass is 10.2. The molecular formula is C20H18F2N4O3S. The highest BCUT2D eigenvalue weighted by Crippen LogP contribution is 2.38. The van der Waals surface area contributed by atoms with Crippen molar-refractivity contribution in [2.45, 2.75) is 23.9 Å². The second kappa shape index (κ2) is 8.31. The monoisotopic (exact) mass is 432 g/mol. The lowest BCUT2D eigenvalue weighted by Crippen LogP contribution is -2.06. The second-order valence-corrected chi connectivity index (χ2v) is 7.63. The molecule has 2 aromatic heterocycles. The molecule has 0 aliphatic heterocycles. The molecule has 0 bridgehead atoms. The van der Waals surface area contributed by atoms with E-state index >= 15 is 0 Å². The Morgan fingerprint density at radius 3 is 2.40 bits per heavy atom. The van der Waals surface area contributed by atoms with E-state index in [4.69, 9.17) is 13.9 Å². The number of nitrogens with zero attached hydrogens (tertiary/aromatic N) is 4. The molecule has 7 nitrogen and oxygen atoms in total. The molecule has 0 unspecified atom stereocenters. The number of para-hydroxylation sites is 2. The van der Waals surface area contributed by atoms with Crippen LogP contribution in [-0.4, -0.2) is 34.0 Å². The molecule has 1 atom stereocenters. The van der Waals surface area contributed by atoms with Crippen molar-refractivity contribution in [1.29, 1.82) is 0 Å². The highest BCUT2D eigenvalue weighted by atomic mass is 32.2. The molecular weight excluding hydrogens is 414 g/mol. The summed E-state index contributed by atoms with van der Waals surface area (Å²) in [6.07, 6.45) is 0. The van der Waals surface area contributed by atoms with Gasteiger partial charge in [-0.15, -0.1) is 10.2 Å². The van der Waals surface area contributed by atoms with E-state index in [0.717, 1.165) is 16.3 Å². The van der Waals surface area contributed by atoms with Crippen LogP contribution in [0.3, 0.4) is 0 Å². The molecule has 0 spiro atoms. The van der Waals surface area contributed by atoms with Crippen molar-refractivity contribution < 1.29 is 22.7 Å². The standard InChI is InChI=1S/C20H18F2N4O3S/c1-11(17-23-15-6-4-5-7-16(15)26(17)19(21)22)30-20-25-24-18(29-20)12-8-13(27-2)10-14(9-12)28-3/h4-11,19H,1-3H3/t11-/m0/s1. The number of benzene rings is 2. The first-order valence-electron chi connectivity index (χ1n) is 8.98. The highest BCUT2D eigenvalue weighted by molar-refractivity contribution is 7.99. The molecule has 4 rings (SSSR count). The first-order valence-corrected chi connectivity index (χ1v) is 9.86. The fraction of sp³-hybridized carbons (Fsp3) is 0.250. The van der Waals surface area contributed by atoms with Crippen molar-refractivity contribution in [3.05, 3.63) is 48.3 Å². The number of ether oxygens (including phenoxy) is 2. The quantitative estimate of drug-likeness (QED) is 0.364. The van der Waals surface area contributed by atoms with E-state index in [2.05, 4.69) is 15.2 Å². The summed E-state index contributed by atoms with van der Waals surface area (Å²) in [6, 6.07) is 12.0. The van der Waals surface area contributed by atoms with Gasteiger partial charge in [-0.2, -0.15) is 8.78 Å².